The van der Waals surface area contributed by atoms with Crippen LogP contribution in [0.2, 0.25) is 0 Å². The zero-order valence-corrected chi connectivity index (χ0v) is 14.4. The van der Waals surface area contributed by atoms with E-state index in [0.29, 0.717) is 24.6 Å². The maximum atomic E-state index is 12.0. The summed E-state index contributed by atoms with van der Waals surface area (Å²) in [7, 11) is 1.60. The second kappa shape index (κ2) is 9.32. The second-order valence-corrected chi connectivity index (χ2v) is 5.28. The molecule has 2 amide bonds. The number of benzene rings is 2. The molecule has 2 aromatic rings. The summed E-state index contributed by atoms with van der Waals surface area (Å²) in [4.78, 5) is 24.0. The molecule has 0 aliphatic heterocycles. The largest absolute Gasteiger partial charge is 0.497 e. The molecule has 2 rings (SSSR count). The molecular weight excluding hydrogens is 320 g/mol. The Bertz CT molecular complexity index is 714. The highest BCUT2D eigenvalue weighted by molar-refractivity contribution is 6.04. The number of nitrogens with one attached hydrogen (secondary N) is 2. The topological polar surface area (TPSA) is 76.7 Å². The first-order chi connectivity index (χ1) is 12.1. The van der Waals surface area contributed by atoms with Gasteiger partial charge in [0.05, 0.1) is 19.4 Å². The minimum absolute atomic E-state index is 0.253. The first-order valence-corrected chi connectivity index (χ1v) is 8.03. The van der Waals surface area contributed by atoms with Crippen molar-refractivity contribution in [1.82, 2.24) is 5.32 Å². The molecule has 0 bridgehead atoms. The molecule has 0 aliphatic carbocycles. The van der Waals surface area contributed by atoms with Crippen LogP contribution in [-0.4, -0.2) is 25.5 Å². The third kappa shape index (κ3) is 5.84. The quantitative estimate of drug-likeness (QED) is 0.723. The molecule has 6 nitrogen and oxygen atoms in total. The Hall–Kier alpha value is -3.02. The summed E-state index contributed by atoms with van der Waals surface area (Å²) in [5.74, 6) is 0.598. The van der Waals surface area contributed by atoms with E-state index in [9.17, 15) is 9.59 Å². The Balaban J connectivity index is 1.82. The van der Waals surface area contributed by atoms with E-state index in [0.717, 1.165) is 11.3 Å². The maximum Gasteiger partial charge on any atom is 0.233 e. The Morgan fingerprint density at radius 3 is 2.40 bits per heavy atom. The van der Waals surface area contributed by atoms with Gasteiger partial charge in [0.2, 0.25) is 11.8 Å². The van der Waals surface area contributed by atoms with Crippen LogP contribution in [0.1, 0.15) is 18.9 Å². The van der Waals surface area contributed by atoms with Crippen molar-refractivity contribution in [1.29, 1.82) is 0 Å². The lowest BCUT2D eigenvalue weighted by atomic mass is 10.2. The SMILES string of the molecule is CCOc1ccccc1NC(=O)CC(=O)NCc1ccc(OC)cc1. The van der Waals surface area contributed by atoms with Crippen molar-refractivity contribution >= 4 is 17.5 Å². The Morgan fingerprint density at radius 1 is 1.00 bits per heavy atom. The molecule has 0 radical (unpaired) electrons. The fourth-order valence-corrected chi connectivity index (χ4v) is 2.20. The standard InChI is InChI=1S/C19H22N2O4/c1-3-25-17-7-5-4-6-16(17)21-19(23)12-18(22)20-13-14-8-10-15(24-2)11-9-14/h4-11H,3,12-13H2,1-2H3,(H,20,22)(H,21,23). The smallest absolute Gasteiger partial charge is 0.233 e. The highest BCUT2D eigenvalue weighted by Crippen LogP contribution is 2.23. The molecule has 0 atom stereocenters. The van der Waals surface area contributed by atoms with Crippen molar-refractivity contribution in [2.75, 3.05) is 19.0 Å². The summed E-state index contributed by atoms with van der Waals surface area (Å²) in [6.07, 6.45) is -0.253. The molecule has 0 aliphatic rings. The van der Waals surface area contributed by atoms with Gasteiger partial charge in [0.1, 0.15) is 17.9 Å². The van der Waals surface area contributed by atoms with Crippen LogP contribution in [0.15, 0.2) is 48.5 Å². The molecule has 25 heavy (non-hydrogen) atoms. The number of carbonyl (C=O) groups excluding carboxylic acids is 2. The second-order valence-electron chi connectivity index (χ2n) is 5.28. The van der Waals surface area contributed by atoms with Gasteiger partial charge in [0.25, 0.3) is 0 Å². The van der Waals surface area contributed by atoms with Crippen LogP contribution in [0.25, 0.3) is 0 Å². The predicted octanol–water partition coefficient (Wildman–Crippen LogP) is 2.74. The maximum absolute atomic E-state index is 12.0. The van der Waals surface area contributed by atoms with Crippen molar-refractivity contribution in [2.24, 2.45) is 0 Å². The molecular formula is C19H22N2O4. The fourth-order valence-electron chi connectivity index (χ4n) is 2.20. The van der Waals surface area contributed by atoms with E-state index >= 15 is 0 Å². The molecule has 132 valence electrons. The first kappa shape index (κ1) is 18.3. The summed E-state index contributed by atoms with van der Waals surface area (Å²) in [5.41, 5.74) is 1.48. The zero-order valence-electron chi connectivity index (χ0n) is 14.4. The molecule has 0 saturated carbocycles. The molecule has 0 fully saturated rings. The third-order valence-electron chi connectivity index (χ3n) is 3.43. The van der Waals surface area contributed by atoms with Crippen molar-refractivity contribution in [3.63, 3.8) is 0 Å². The molecule has 0 spiro atoms. The number of amides is 2. The molecule has 0 heterocycles. The Morgan fingerprint density at radius 2 is 1.72 bits per heavy atom. The fraction of sp³-hybridized carbons (Fsp3) is 0.263. The van der Waals surface area contributed by atoms with Gasteiger partial charge in [-0.1, -0.05) is 24.3 Å². The summed E-state index contributed by atoms with van der Waals surface area (Å²) < 4.78 is 10.5. The summed E-state index contributed by atoms with van der Waals surface area (Å²) in [6, 6.07) is 14.5. The van der Waals surface area contributed by atoms with E-state index in [-0.39, 0.29) is 18.2 Å². The predicted molar refractivity (Wildman–Crippen MR) is 95.7 cm³/mol. The molecule has 2 N–H and O–H groups in total. The lowest BCUT2D eigenvalue weighted by Gasteiger charge is -2.11. The lowest BCUT2D eigenvalue weighted by molar-refractivity contribution is -0.126. The van der Waals surface area contributed by atoms with Crippen LogP contribution in [-0.2, 0) is 16.1 Å². The molecule has 0 saturated heterocycles. The third-order valence-corrected chi connectivity index (χ3v) is 3.43. The first-order valence-electron chi connectivity index (χ1n) is 8.03. The number of methoxy groups -OCH3 is 1. The van der Waals surface area contributed by atoms with Crippen molar-refractivity contribution in [2.45, 2.75) is 19.9 Å². The van der Waals surface area contributed by atoms with Crippen LogP contribution in [0, 0.1) is 0 Å². The minimum Gasteiger partial charge on any atom is -0.497 e. The summed E-state index contributed by atoms with van der Waals surface area (Å²) in [5, 5.41) is 5.42. The van der Waals surface area contributed by atoms with E-state index in [4.69, 9.17) is 9.47 Å². The van der Waals surface area contributed by atoms with Crippen LogP contribution in [0.4, 0.5) is 5.69 Å². The summed E-state index contributed by atoms with van der Waals surface area (Å²) in [6.45, 7) is 2.71. The van der Waals surface area contributed by atoms with Crippen LogP contribution in [0.3, 0.4) is 0 Å². The van der Waals surface area contributed by atoms with Gasteiger partial charge in [0, 0.05) is 6.54 Å². The van der Waals surface area contributed by atoms with Gasteiger partial charge < -0.3 is 20.1 Å². The average Bonchev–Trinajstić information content (AvgIpc) is 2.62. The average molecular weight is 342 g/mol. The molecule has 6 heteroatoms. The van der Waals surface area contributed by atoms with Gasteiger partial charge in [0.15, 0.2) is 0 Å². The van der Waals surface area contributed by atoms with Gasteiger partial charge in [-0.25, -0.2) is 0 Å². The Kier molecular flexibility index (Phi) is 6.83. The number of carbonyl (C=O) groups is 2. The van der Waals surface area contributed by atoms with Crippen molar-refractivity contribution in [3.05, 3.63) is 54.1 Å². The van der Waals surface area contributed by atoms with E-state index in [1.165, 1.54) is 0 Å². The normalized spacial score (nSPS) is 10.0. The van der Waals surface area contributed by atoms with E-state index in [1.807, 2.05) is 37.3 Å². The van der Waals surface area contributed by atoms with Crippen LogP contribution in [0.5, 0.6) is 11.5 Å². The number of para-hydroxylation sites is 2. The van der Waals surface area contributed by atoms with Gasteiger partial charge in [-0.2, -0.15) is 0 Å². The van der Waals surface area contributed by atoms with Crippen LogP contribution < -0.4 is 20.1 Å². The van der Waals surface area contributed by atoms with E-state index in [1.54, 1.807) is 25.3 Å². The van der Waals surface area contributed by atoms with E-state index < -0.39 is 0 Å². The van der Waals surface area contributed by atoms with E-state index in [2.05, 4.69) is 10.6 Å². The monoisotopic (exact) mass is 342 g/mol. The number of hydrogen-bond acceptors (Lipinski definition) is 4. The number of anilines is 1. The minimum atomic E-state index is -0.389. The van der Waals surface area contributed by atoms with Crippen molar-refractivity contribution in [3.8, 4) is 11.5 Å². The van der Waals surface area contributed by atoms with Crippen LogP contribution >= 0.6 is 0 Å². The van der Waals surface area contributed by atoms with Crippen molar-refractivity contribution < 1.29 is 19.1 Å². The van der Waals surface area contributed by atoms with Gasteiger partial charge in [-0.3, -0.25) is 9.59 Å². The van der Waals surface area contributed by atoms with Gasteiger partial charge in [-0.05, 0) is 36.8 Å². The highest BCUT2D eigenvalue weighted by atomic mass is 16.5. The number of ether oxygens (including phenoxy) is 2. The molecule has 0 unspecified atom stereocenters. The highest BCUT2D eigenvalue weighted by Gasteiger charge is 2.12. The molecule has 2 aromatic carbocycles. The van der Waals surface area contributed by atoms with Gasteiger partial charge in [-0.15, -0.1) is 0 Å². The summed E-state index contributed by atoms with van der Waals surface area (Å²) >= 11 is 0. The number of rotatable bonds is 8. The number of hydrogen-bond donors (Lipinski definition) is 2. The van der Waals surface area contributed by atoms with Gasteiger partial charge >= 0.3 is 0 Å². The zero-order chi connectivity index (χ0) is 18.1. The lowest BCUT2D eigenvalue weighted by Crippen LogP contribution is -2.27. The molecule has 0 aromatic heterocycles. The Labute approximate surface area is 147 Å².